The highest BCUT2D eigenvalue weighted by Gasteiger charge is 2.21. The van der Waals surface area contributed by atoms with Crippen LogP contribution in [0.2, 0.25) is 0 Å². The van der Waals surface area contributed by atoms with E-state index in [2.05, 4.69) is 146 Å². The van der Waals surface area contributed by atoms with Crippen LogP contribution < -0.4 is 4.74 Å². The van der Waals surface area contributed by atoms with Gasteiger partial charge in [-0.25, -0.2) is 0 Å². The average Bonchev–Trinajstić information content (AvgIpc) is 3.07. The van der Waals surface area contributed by atoms with Crippen molar-refractivity contribution in [1.29, 1.82) is 0 Å². The van der Waals surface area contributed by atoms with E-state index >= 15 is 0 Å². The number of hydrogen-bond donors (Lipinski definition) is 0. The minimum absolute atomic E-state index is 0.907. The van der Waals surface area contributed by atoms with E-state index in [1.54, 1.807) is 0 Å². The summed E-state index contributed by atoms with van der Waals surface area (Å²) in [6, 6.07) is 53.2. The molecule has 0 radical (unpaired) electrons. The lowest BCUT2D eigenvalue weighted by Gasteiger charge is -2.22. The maximum absolute atomic E-state index is 6.39. The summed E-state index contributed by atoms with van der Waals surface area (Å²) < 4.78 is 6.39. The smallest absolute Gasteiger partial charge is 0.135 e. The first-order valence-corrected chi connectivity index (χ1v) is 14.8. The summed E-state index contributed by atoms with van der Waals surface area (Å²) in [6.07, 6.45) is 0. The van der Waals surface area contributed by atoms with Crippen LogP contribution in [0.3, 0.4) is 0 Å². The Balaban J connectivity index is 1.18. The third-order valence-electron chi connectivity index (χ3n) is 9.39. The summed E-state index contributed by atoms with van der Waals surface area (Å²) in [6.45, 7) is 0. The molecule has 0 aliphatic carbocycles. The van der Waals surface area contributed by atoms with Gasteiger partial charge in [-0.05, 0) is 101 Å². The Morgan fingerprint density at radius 1 is 0.302 bits per heavy atom. The van der Waals surface area contributed by atoms with Crippen molar-refractivity contribution in [3.05, 3.63) is 146 Å². The Kier molecular flexibility index (Phi) is 4.51. The number of ether oxygens (including phenoxy) is 1. The zero-order valence-electron chi connectivity index (χ0n) is 23.3. The molecule has 0 saturated carbocycles. The van der Waals surface area contributed by atoms with E-state index in [1.807, 2.05) is 0 Å². The van der Waals surface area contributed by atoms with Crippen molar-refractivity contribution in [3.8, 4) is 44.9 Å². The molecular weight excluding hydrogens is 520 g/mol. The lowest BCUT2D eigenvalue weighted by Crippen LogP contribution is -1.97. The van der Waals surface area contributed by atoms with Crippen molar-refractivity contribution in [2.45, 2.75) is 0 Å². The quantitative estimate of drug-likeness (QED) is 0.197. The molecule has 0 saturated heterocycles. The topological polar surface area (TPSA) is 9.23 Å². The van der Waals surface area contributed by atoms with E-state index in [1.165, 1.54) is 81.7 Å². The molecule has 0 atom stereocenters. The number of fused-ring (bicyclic) bond motifs is 3. The Morgan fingerprint density at radius 3 is 1.74 bits per heavy atom. The predicted molar refractivity (Wildman–Crippen MR) is 182 cm³/mol. The molecule has 43 heavy (non-hydrogen) atoms. The van der Waals surface area contributed by atoms with E-state index in [0.717, 1.165) is 17.1 Å². The van der Waals surface area contributed by atoms with Gasteiger partial charge in [0, 0.05) is 10.9 Å². The van der Waals surface area contributed by atoms with Crippen molar-refractivity contribution in [2.75, 3.05) is 0 Å². The average molecular weight is 545 g/mol. The monoisotopic (exact) mass is 544 g/mol. The van der Waals surface area contributed by atoms with Gasteiger partial charge in [0.1, 0.15) is 11.5 Å². The first kappa shape index (κ1) is 23.0. The predicted octanol–water partition coefficient (Wildman–Crippen LogP) is 12.0. The SMILES string of the molecule is c1cc(-c2ccc3c(c2)-c2cccc4cccc(c24)O3)c2cc(-c3ccc4ccc5cccc6ccc3c4c56)ccc2c1. The number of benzene rings is 9. The van der Waals surface area contributed by atoms with Crippen LogP contribution in [0.4, 0.5) is 0 Å². The van der Waals surface area contributed by atoms with E-state index in [0.29, 0.717) is 0 Å². The van der Waals surface area contributed by atoms with Crippen LogP contribution in [0.1, 0.15) is 0 Å². The van der Waals surface area contributed by atoms with Crippen LogP contribution in [0.5, 0.6) is 11.5 Å². The van der Waals surface area contributed by atoms with Crippen molar-refractivity contribution in [3.63, 3.8) is 0 Å². The summed E-state index contributed by atoms with van der Waals surface area (Å²) in [4.78, 5) is 0. The van der Waals surface area contributed by atoms with E-state index < -0.39 is 0 Å². The van der Waals surface area contributed by atoms with Gasteiger partial charge >= 0.3 is 0 Å². The van der Waals surface area contributed by atoms with Gasteiger partial charge in [0.05, 0.1) is 0 Å². The van der Waals surface area contributed by atoms with E-state index in [4.69, 9.17) is 4.74 Å². The van der Waals surface area contributed by atoms with Gasteiger partial charge < -0.3 is 4.74 Å². The molecular formula is C42H24O. The van der Waals surface area contributed by atoms with Crippen molar-refractivity contribution in [1.82, 2.24) is 0 Å². The van der Waals surface area contributed by atoms with E-state index in [-0.39, 0.29) is 0 Å². The molecule has 198 valence electrons. The second-order valence-electron chi connectivity index (χ2n) is 11.7. The van der Waals surface area contributed by atoms with E-state index in [9.17, 15) is 0 Å². The molecule has 1 heterocycles. The highest BCUT2D eigenvalue weighted by atomic mass is 16.5. The summed E-state index contributed by atoms with van der Waals surface area (Å²) >= 11 is 0. The molecule has 0 N–H and O–H groups in total. The van der Waals surface area contributed by atoms with Crippen LogP contribution in [-0.2, 0) is 0 Å². The molecule has 9 aromatic rings. The summed E-state index contributed by atoms with van der Waals surface area (Å²) in [7, 11) is 0. The highest BCUT2D eigenvalue weighted by molar-refractivity contribution is 6.25. The molecule has 0 unspecified atom stereocenters. The van der Waals surface area contributed by atoms with Gasteiger partial charge in [-0.15, -0.1) is 0 Å². The Morgan fingerprint density at radius 2 is 0.884 bits per heavy atom. The molecule has 1 aliphatic rings. The molecule has 0 fully saturated rings. The first-order valence-electron chi connectivity index (χ1n) is 14.8. The van der Waals surface area contributed by atoms with Crippen molar-refractivity contribution in [2.24, 2.45) is 0 Å². The van der Waals surface area contributed by atoms with Gasteiger partial charge in [0.15, 0.2) is 0 Å². The van der Waals surface area contributed by atoms with Gasteiger partial charge in [-0.1, -0.05) is 121 Å². The van der Waals surface area contributed by atoms with Crippen molar-refractivity contribution >= 4 is 53.9 Å². The fraction of sp³-hybridized carbons (Fsp3) is 0. The third-order valence-corrected chi connectivity index (χ3v) is 9.39. The van der Waals surface area contributed by atoms with Crippen LogP contribution >= 0.6 is 0 Å². The van der Waals surface area contributed by atoms with Crippen LogP contribution in [0.15, 0.2) is 146 Å². The third kappa shape index (κ3) is 3.22. The number of rotatable bonds is 2. The molecule has 0 spiro atoms. The van der Waals surface area contributed by atoms with Crippen LogP contribution in [0.25, 0.3) is 87.2 Å². The largest absolute Gasteiger partial charge is 0.456 e. The lowest BCUT2D eigenvalue weighted by molar-refractivity contribution is 0.487. The summed E-state index contributed by atoms with van der Waals surface area (Å²) in [5.41, 5.74) is 7.29. The second kappa shape index (κ2) is 8.44. The highest BCUT2D eigenvalue weighted by Crippen LogP contribution is 2.48. The van der Waals surface area contributed by atoms with Crippen molar-refractivity contribution < 1.29 is 4.74 Å². The molecule has 10 rings (SSSR count). The second-order valence-corrected chi connectivity index (χ2v) is 11.7. The fourth-order valence-electron chi connectivity index (χ4n) is 7.41. The van der Waals surface area contributed by atoms with Crippen LogP contribution in [-0.4, -0.2) is 0 Å². The maximum atomic E-state index is 6.39. The summed E-state index contributed by atoms with van der Waals surface area (Å²) in [5, 5.41) is 12.8. The molecule has 0 amide bonds. The molecule has 1 nitrogen and oxygen atoms in total. The first-order chi connectivity index (χ1) is 21.3. The van der Waals surface area contributed by atoms with Gasteiger partial charge in [0.25, 0.3) is 0 Å². The molecule has 0 aromatic heterocycles. The zero-order valence-corrected chi connectivity index (χ0v) is 23.3. The molecule has 1 heteroatoms. The molecule has 0 bridgehead atoms. The molecule has 9 aromatic carbocycles. The normalized spacial score (nSPS) is 12.4. The minimum atomic E-state index is 0.907. The Labute approximate surface area is 248 Å². The maximum Gasteiger partial charge on any atom is 0.135 e. The van der Waals surface area contributed by atoms with Gasteiger partial charge in [-0.3, -0.25) is 0 Å². The fourth-order valence-corrected chi connectivity index (χ4v) is 7.41. The Bertz CT molecular complexity index is 2570. The standard InChI is InChI=1S/C42H24O/c1-6-27-14-15-29-17-20-33(35-21-18-28(7-1)40(27)42(29)35)30-16-13-25-5-2-10-32(36(25)23-30)31-19-22-38-37(24-31)34-11-3-8-26-9-4-12-39(43-38)41(26)34/h1-24H. The lowest BCUT2D eigenvalue weighted by atomic mass is 9.88. The van der Waals surface area contributed by atoms with Crippen LogP contribution in [0, 0.1) is 0 Å². The van der Waals surface area contributed by atoms with Gasteiger partial charge in [0.2, 0.25) is 0 Å². The zero-order chi connectivity index (χ0) is 28.1. The summed E-state index contributed by atoms with van der Waals surface area (Å²) in [5.74, 6) is 1.83. The molecule has 1 aliphatic heterocycles. The Hall–Kier alpha value is -5.66. The van der Waals surface area contributed by atoms with Gasteiger partial charge in [-0.2, -0.15) is 0 Å². The number of hydrogen-bond acceptors (Lipinski definition) is 1. The minimum Gasteiger partial charge on any atom is -0.456 e.